The van der Waals surface area contributed by atoms with Crippen molar-refractivity contribution in [2.24, 2.45) is 5.92 Å². The van der Waals surface area contributed by atoms with Gasteiger partial charge in [-0.1, -0.05) is 20.3 Å². The lowest BCUT2D eigenvalue weighted by Crippen LogP contribution is -2.36. The lowest BCUT2D eigenvalue weighted by molar-refractivity contribution is 0.366. The normalized spacial score (nSPS) is 16.4. The third-order valence-corrected chi connectivity index (χ3v) is 2.34. The molecule has 2 heteroatoms. The summed E-state index contributed by atoms with van der Waals surface area (Å²) in [4.78, 5) is 0. The first-order valence-corrected chi connectivity index (χ1v) is 4.64. The summed E-state index contributed by atoms with van der Waals surface area (Å²) in [6.07, 6.45) is 1.25. The molecule has 0 aromatic carbocycles. The third-order valence-electron chi connectivity index (χ3n) is 2.34. The summed E-state index contributed by atoms with van der Waals surface area (Å²) in [7, 11) is 2.03. The molecular formula is C9H22N2. The zero-order valence-electron chi connectivity index (χ0n) is 8.28. The highest BCUT2D eigenvalue weighted by atomic mass is 14.9. The molecule has 0 aromatic rings. The van der Waals surface area contributed by atoms with Gasteiger partial charge < -0.3 is 10.6 Å². The van der Waals surface area contributed by atoms with Crippen molar-refractivity contribution >= 4 is 0 Å². The predicted octanol–water partition coefficient (Wildman–Crippen LogP) is 1.23. The Balaban J connectivity index is 3.56. The Morgan fingerprint density at radius 2 is 1.91 bits per heavy atom. The molecule has 0 aliphatic carbocycles. The van der Waals surface area contributed by atoms with Crippen molar-refractivity contribution in [2.45, 2.75) is 33.2 Å². The van der Waals surface area contributed by atoms with Crippen LogP contribution < -0.4 is 10.6 Å². The number of rotatable bonds is 6. The Morgan fingerprint density at radius 1 is 1.27 bits per heavy atom. The molecule has 0 aliphatic heterocycles. The fraction of sp³-hybridized carbons (Fsp3) is 1.00. The van der Waals surface area contributed by atoms with Gasteiger partial charge in [-0.15, -0.1) is 0 Å². The Kier molecular flexibility index (Phi) is 6.57. The summed E-state index contributed by atoms with van der Waals surface area (Å²) in [6.45, 7) is 8.85. The van der Waals surface area contributed by atoms with E-state index in [2.05, 4.69) is 31.4 Å². The highest BCUT2D eigenvalue weighted by molar-refractivity contribution is 4.71. The second-order valence-corrected chi connectivity index (χ2v) is 3.05. The maximum atomic E-state index is 3.37. The molecule has 0 saturated heterocycles. The summed E-state index contributed by atoms with van der Waals surface area (Å²) in [5.74, 6) is 0.764. The summed E-state index contributed by atoms with van der Waals surface area (Å²) in [6, 6.07) is 0.624. The Hall–Kier alpha value is -0.0800. The van der Waals surface area contributed by atoms with Crippen LogP contribution in [0.2, 0.25) is 0 Å². The van der Waals surface area contributed by atoms with Gasteiger partial charge in [-0.2, -0.15) is 0 Å². The molecule has 0 amide bonds. The smallest absolute Gasteiger partial charge is 0.00760 e. The van der Waals surface area contributed by atoms with Gasteiger partial charge >= 0.3 is 0 Å². The lowest BCUT2D eigenvalue weighted by atomic mass is 9.98. The van der Waals surface area contributed by atoms with Crippen molar-refractivity contribution in [1.82, 2.24) is 10.6 Å². The van der Waals surface area contributed by atoms with E-state index < -0.39 is 0 Å². The van der Waals surface area contributed by atoms with Gasteiger partial charge in [0.25, 0.3) is 0 Å². The quantitative estimate of drug-likeness (QED) is 0.607. The summed E-state index contributed by atoms with van der Waals surface area (Å²) in [5.41, 5.74) is 0. The average molecular weight is 158 g/mol. The van der Waals surface area contributed by atoms with Gasteiger partial charge in [-0.25, -0.2) is 0 Å². The molecule has 0 aliphatic rings. The fourth-order valence-electron chi connectivity index (χ4n) is 1.24. The van der Waals surface area contributed by atoms with Crippen LogP contribution in [0, 0.1) is 5.92 Å². The molecule has 2 N–H and O–H groups in total. The second-order valence-electron chi connectivity index (χ2n) is 3.05. The molecule has 68 valence electrons. The van der Waals surface area contributed by atoms with Crippen molar-refractivity contribution < 1.29 is 0 Å². The molecule has 0 spiro atoms. The van der Waals surface area contributed by atoms with Gasteiger partial charge in [0, 0.05) is 6.04 Å². The topological polar surface area (TPSA) is 24.1 Å². The van der Waals surface area contributed by atoms with Gasteiger partial charge in [-0.3, -0.25) is 0 Å². The SMILES string of the molecule is CCNCC(CC)C(C)NC. The zero-order chi connectivity index (χ0) is 8.69. The molecule has 2 atom stereocenters. The molecule has 2 unspecified atom stereocenters. The van der Waals surface area contributed by atoms with E-state index in [1.165, 1.54) is 6.42 Å². The maximum absolute atomic E-state index is 3.37. The van der Waals surface area contributed by atoms with Crippen molar-refractivity contribution in [3.05, 3.63) is 0 Å². The molecule has 0 rings (SSSR count). The van der Waals surface area contributed by atoms with E-state index in [0.717, 1.165) is 19.0 Å². The van der Waals surface area contributed by atoms with Crippen LogP contribution >= 0.6 is 0 Å². The lowest BCUT2D eigenvalue weighted by Gasteiger charge is -2.22. The third kappa shape index (κ3) is 4.38. The van der Waals surface area contributed by atoms with E-state index in [-0.39, 0.29) is 0 Å². The van der Waals surface area contributed by atoms with Crippen LogP contribution in [-0.4, -0.2) is 26.2 Å². The van der Waals surface area contributed by atoms with Crippen molar-refractivity contribution in [1.29, 1.82) is 0 Å². The maximum Gasteiger partial charge on any atom is 0.00760 e. The minimum absolute atomic E-state index is 0.624. The number of nitrogens with one attached hydrogen (secondary N) is 2. The van der Waals surface area contributed by atoms with Gasteiger partial charge in [0.2, 0.25) is 0 Å². The van der Waals surface area contributed by atoms with Crippen LogP contribution in [0.25, 0.3) is 0 Å². The average Bonchev–Trinajstić information content (AvgIpc) is 2.05. The molecule has 0 fully saturated rings. The van der Waals surface area contributed by atoms with E-state index in [1.807, 2.05) is 7.05 Å². The predicted molar refractivity (Wildman–Crippen MR) is 50.8 cm³/mol. The molecular weight excluding hydrogens is 136 g/mol. The molecule has 11 heavy (non-hydrogen) atoms. The summed E-state index contributed by atoms with van der Waals surface area (Å²) < 4.78 is 0. The van der Waals surface area contributed by atoms with Crippen LogP contribution in [0.4, 0.5) is 0 Å². The van der Waals surface area contributed by atoms with E-state index in [0.29, 0.717) is 6.04 Å². The van der Waals surface area contributed by atoms with Crippen molar-refractivity contribution in [3.8, 4) is 0 Å². The molecule has 0 radical (unpaired) electrons. The van der Waals surface area contributed by atoms with E-state index in [1.54, 1.807) is 0 Å². The summed E-state index contributed by atoms with van der Waals surface area (Å²) >= 11 is 0. The number of hydrogen-bond acceptors (Lipinski definition) is 2. The number of hydrogen-bond donors (Lipinski definition) is 2. The van der Waals surface area contributed by atoms with Crippen molar-refractivity contribution in [3.63, 3.8) is 0 Å². The second kappa shape index (κ2) is 6.62. The van der Waals surface area contributed by atoms with Gasteiger partial charge in [0.1, 0.15) is 0 Å². The monoisotopic (exact) mass is 158 g/mol. The zero-order valence-corrected chi connectivity index (χ0v) is 8.28. The Labute approximate surface area is 70.8 Å². The largest absolute Gasteiger partial charge is 0.317 e. The van der Waals surface area contributed by atoms with Gasteiger partial charge in [0.05, 0.1) is 0 Å². The molecule has 0 bridgehead atoms. The highest BCUT2D eigenvalue weighted by Gasteiger charge is 2.11. The first kappa shape index (κ1) is 10.9. The van der Waals surface area contributed by atoms with Crippen molar-refractivity contribution in [2.75, 3.05) is 20.1 Å². The van der Waals surface area contributed by atoms with E-state index in [9.17, 15) is 0 Å². The van der Waals surface area contributed by atoms with Crippen LogP contribution in [0.1, 0.15) is 27.2 Å². The van der Waals surface area contributed by atoms with Crippen LogP contribution in [0.3, 0.4) is 0 Å². The van der Waals surface area contributed by atoms with Gasteiger partial charge in [-0.05, 0) is 33.0 Å². The van der Waals surface area contributed by atoms with Crippen LogP contribution in [0.5, 0.6) is 0 Å². The van der Waals surface area contributed by atoms with E-state index in [4.69, 9.17) is 0 Å². The minimum atomic E-state index is 0.624. The molecule has 0 saturated carbocycles. The molecule has 0 aromatic heterocycles. The highest BCUT2D eigenvalue weighted by Crippen LogP contribution is 2.06. The van der Waals surface area contributed by atoms with E-state index >= 15 is 0 Å². The minimum Gasteiger partial charge on any atom is -0.317 e. The van der Waals surface area contributed by atoms with Gasteiger partial charge in [0.15, 0.2) is 0 Å². The summed E-state index contributed by atoms with van der Waals surface area (Å²) in [5, 5.41) is 6.66. The standard InChI is InChI=1S/C9H22N2/c1-5-9(7-11-6-2)8(3)10-4/h8-11H,5-7H2,1-4H3. The van der Waals surface area contributed by atoms with Crippen LogP contribution in [-0.2, 0) is 0 Å². The first-order chi connectivity index (χ1) is 5.26. The first-order valence-electron chi connectivity index (χ1n) is 4.64. The fourth-order valence-corrected chi connectivity index (χ4v) is 1.24. The Morgan fingerprint density at radius 3 is 2.27 bits per heavy atom. The Bertz CT molecular complexity index is 83.6. The molecule has 2 nitrogen and oxygen atoms in total. The molecule has 0 heterocycles. The van der Waals surface area contributed by atoms with Crippen LogP contribution in [0.15, 0.2) is 0 Å².